The van der Waals surface area contributed by atoms with Gasteiger partial charge in [0, 0.05) is 44.3 Å². The molecule has 2 heterocycles. The third-order valence-corrected chi connectivity index (χ3v) is 4.99. The maximum Gasteiger partial charge on any atom is 0.0759 e. The van der Waals surface area contributed by atoms with Crippen molar-refractivity contribution in [1.29, 1.82) is 0 Å². The molecule has 0 aliphatic carbocycles. The van der Waals surface area contributed by atoms with E-state index in [2.05, 4.69) is 33.8 Å². The molecular weight excluding hydrogens is 320 g/mol. The van der Waals surface area contributed by atoms with Gasteiger partial charge in [0.2, 0.25) is 0 Å². The Labute approximate surface area is 149 Å². The van der Waals surface area contributed by atoms with Crippen LogP contribution in [0.3, 0.4) is 0 Å². The van der Waals surface area contributed by atoms with Gasteiger partial charge in [-0.05, 0) is 38.5 Å². The zero-order valence-electron chi connectivity index (χ0n) is 14.7. The van der Waals surface area contributed by atoms with E-state index >= 15 is 0 Å². The maximum absolute atomic E-state index is 5.95. The van der Waals surface area contributed by atoms with Crippen molar-refractivity contribution in [2.45, 2.75) is 33.9 Å². The third kappa shape index (κ3) is 4.32. The number of hydrogen-bond acceptors (Lipinski definition) is 4. The van der Waals surface area contributed by atoms with Crippen molar-refractivity contribution in [1.82, 2.24) is 19.8 Å². The Morgan fingerprint density at radius 3 is 1.96 bits per heavy atom. The fourth-order valence-electron chi connectivity index (χ4n) is 3.08. The van der Waals surface area contributed by atoms with Crippen LogP contribution in [0.15, 0.2) is 24.3 Å². The molecule has 0 N–H and O–H groups in total. The van der Waals surface area contributed by atoms with E-state index in [1.54, 1.807) is 0 Å². The SMILES string of the molecule is Cc1nc(C)c(CN2CCN(Cc3ccc(Cl)cc3)CC2)nc1C. The molecule has 0 spiro atoms. The van der Waals surface area contributed by atoms with Crippen molar-refractivity contribution in [3.63, 3.8) is 0 Å². The summed E-state index contributed by atoms with van der Waals surface area (Å²) in [7, 11) is 0. The number of benzene rings is 1. The largest absolute Gasteiger partial charge is 0.297 e. The van der Waals surface area contributed by atoms with E-state index in [0.717, 1.165) is 67.1 Å². The van der Waals surface area contributed by atoms with E-state index in [1.165, 1.54) is 5.56 Å². The molecule has 0 amide bonds. The van der Waals surface area contributed by atoms with Crippen molar-refractivity contribution in [2.75, 3.05) is 26.2 Å². The minimum absolute atomic E-state index is 0.799. The molecule has 0 unspecified atom stereocenters. The first kappa shape index (κ1) is 17.3. The fourth-order valence-corrected chi connectivity index (χ4v) is 3.20. The summed E-state index contributed by atoms with van der Waals surface area (Å²) in [5, 5.41) is 0.799. The maximum atomic E-state index is 5.95. The Morgan fingerprint density at radius 2 is 1.33 bits per heavy atom. The fraction of sp³-hybridized carbons (Fsp3) is 0.474. The van der Waals surface area contributed by atoms with Crippen LogP contribution in [-0.4, -0.2) is 45.9 Å². The van der Waals surface area contributed by atoms with Gasteiger partial charge in [0.1, 0.15) is 0 Å². The second-order valence-electron chi connectivity index (χ2n) is 6.61. The zero-order valence-corrected chi connectivity index (χ0v) is 15.5. The number of nitrogens with zero attached hydrogens (tertiary/aromatic N) is 4. The van der Waals surface area contributed by atoms with Gasteiger partial charge in [-0.15, -0.1) is 0 Å². The minimum Gasteiger partial charge on any atom is -0.297 e. The second-order valence-corrected chi connectivity index (χ2v) is 7.04. The Kier molecular flexibility index (Phi) is 5.49. The van der Waals surface area contributed by atoms with Crippen molar-refractivity contribution < 1.29 is 0 Å². The van der Waals surface area contributed by atoms with Gasteiger partial charge in [0.25, 0.3) is 0 Å². The molecule has 4 nitrogen and oxygen atoms in total. The quantitative estimate of drug-likeness (QED) is 0.851. The molecule has 0 bridgehead atoms. The summed E-state index contributed by atoms with van der Waals surface area (Å²) < 4.78 is 0. The minimum atomic E-state index is 0.799. The van der Waals surface area contributed by atoms with Crippen LogP contribution in [0.1, 0.15) is 28.3 Å². The number of piperazine rings is 1. The monoisotopic (exact) mass is 344 g/mol. The van der Waals surface area contributed by atoms with Gasteiger partial charge in [-0.1, -0.05) is 23.7 Å². The summed E-state index contributed by atoms with van der Waals surface area (Å²) in [4.78, 5) is 14.3. The molecule has 2 aromatic rings. The summed E-state index contributed by atoms with van der Waals surface area (Å²) >= 11 is 5.95. The zero-order chi connectivity index (χ0) is 17.1. The van der Waals surface area contributed by atoms with Gasteiger partial charge in [0.15, 0.2) is 0 Å². The van der Waals surface area contributed by atoms with Gasteiger partial charge in [-0.2, -0.15) is 0 Å². The van der Waals surface area contributed by atoms with Crippen LogP contribution in [0.25, 0.3) is 0 Å². The third-order valence-electron chi connectivity index (χ3n) is 4.74. The van der Waals surface area contributed by atoms with Crippen LogP contribution in [0.4, 0.5) is 0 Å². The highest BCUT2D eigenvalue weighted by Crippen LogP contribution is 2.15. The summed E-state index contributed by atoms with van der Waals surface area (Å²) in [6.45, 7) is 12.3. The van der Waals surface area contributed by atoms with Crippen molar-refractivity contribution >= 4 is 11.6 Å². The molecule has 5 heteroatoms. The van der Waals surface area contributed by atoms with Crippen molar-refractivity contribution in [3.8, 4) is 0 Å². The van der Waals surface area contributed by atoms with Crippen molar-refractivity contribution in [2.24, 2.45) is 0 Å². The molecule has 1 aliphatic rings. The molecule has 1 aromatic carbocycles. The van der Waals surface area contributed by atoms with E-state index in [0.29, 0.717) is 0 Å². The molecule has 128 valence electrons. The number of rotatable bonds is 4. The topological polar surface area (TPSA) is 32.3 Å². The molecule has 1 saturated heterocycles. The normalized spacial score (nSPS) is 16.5. The molecule has 0 saturated carbocycles. The first-order chi connectivity index (χ1) is 11.5. The highest BCUT2D eigenvalue weighted by molar-refractivity contribution is 6.30. The lowest BCUT2D eigenvalue weighted by atomic mass is 10.2. The van der Waals surface area contributed by atoms with Gasteiger partial charge < -0.3 is 0 Å². The average Bonchev–Trinajstić information content (AvgIpc) is 2.56. The van der Waals surface area contributed by atoms with Crippen LogP contribution in [0.5, 0.6) is 0 Å². The highest BCUT2D eigenvalue weighted by Gasteiger charge is 2.18. The lowest BCUT2D eigenvalue weighted by Gasteiger charge is -2.34. The average molecular weight is 345 g/mol. The molecule has 24 heavy (non-hydrogen) atoms. The second kappa shape index (κ2) is 7.60. The Hall–Kier alpha value is -1.49. The van der Waals surface area contributed by atoms with Gasteiger partial charge in [-0.25, -0.2) is 0 Å². The van der Waals surface area contributed by atoms with Crippen LogP contribution >= 0.6 is 11.6 Å². The lowest BCUT2D eigenvalue weighted by Crippen LogP contribution is -2.45. The van der Waals surface area contributed by atoms with E-state index < -0.39 is 0 Å². The van der Waals surface area contributed by atoms with Crippen LogP contribution in [0.2, 0.25) is 5.02 Å². The van der Waals surface area contributed by atoms with E-state index in [1.807, 2.05) is 26.0 Å². The number of aryl methyl sites for hydroxylation is 3. The molecule has 1 aromatic heterocycles. The Balaban J connectivity index is 1.53. The van der Waals surface area contributed by atoms with Gasteiger partial charge in [0.05, 0.1) is 22.8 Å². The summed E-state index contributed by atoms with van der Waals surface area (Å²) in [5.41, 5.74) is 5.57. The number of aromatic nitrogens is 2. The predicted molar refractivity (Wildman–Crippen MR) is 98.2 cm³/mol. The summed E-state index contributed by atoms with van der Waals surface area (Å²) in [6.07, 6.45) is 0. The number of hydrogen-bond donors (Lipinski definition) is 0. The van der Waals surface area contributed by atoms with Crippen molar-refractivity contribution in [3.05, 3.63) is 57.6 Å². The molecule has 1 fully saturated rings. The smallest absolute Gasteiger partial charge is 0.0759 e. The first-order valence-corrected chi connectivity index (χ1v) is 8.89. The molecule has 0 atom stereocenters. The highest BCUT2D eigenvalue weighted by atomic mass is 35.5. The van der Waals surface area contributed by atoms with E-state index in [-0.39, 0.29) is 0 Å². The van der Waals surface area contributed by atoms with Gasteiger partial charge in [-0.3, -0.25) is 19.8 Å². The number of halogens is 1. The molecule has 1 aliphatic heterocycles. The van der Waals surface area contributed by atoms with Crippen LogP contribution in [-0.2, 0) is 13.1 Å². The first-order valence-electron chi connectivity index (χ1n) is 8.51. The van der Waals surface area contributed by atoms with E-state index in [9.17, 15) is 0 Å². The van der Waals surface area contributed by atoms with E-state index in [4.69, 9.17) is 16.6 Å². The van der Waals surface area contributed by atoms with Crippen LogP contribution in [0, 0.1) is 20.8 Å². The summed E-state index contributed by atoms with van der Waals surface area (Å²) in [5.74, 6) is 0. The molecule has 0 radical (unpaired) electrons. The standard InChI is InChI=1S/C19H25ClN4/c1-14-15(2)22-19(16(3)21-14)13-24-10-8-23(9-11-24)12-17-4-6-18(20)7-5-17/h4-7H,8-13H2,1-3H3. The Bertz CT molecular complexity index is 691. The Morgan fingerprint density at radius 1 is 0.792 bits per heavy atom. The molecular formula is C19H25ClN4. The van der Waals surface area contributed by atoms with Gasteiger partial charge >= 0.3 is 0 Å². The molecule has 3 rings (SSSR count). The summed E-state index contributed by atoms with van der Waals surface area (Å²) in [6, 6.07) is 8.16. The predicted octanol–water partition coefficient (Wildman–Crippen LogP) is 3.37. The van der Waals surface area contributed by atoms with Crippen LogP contribution < -0.4 is 0 Å². The lowest BCUT2D eigenvalue weighted by molar-refractivity contribution is 0.120.